The van der Waals surface area contributed by atoms with E-state index >= 15 is 0 Å². The topological polar surface area (TPSA) is 95.5 Å². The minimum Gasteiger partial charge on any atom is -0.341 e. The summed E-state index contributed by atoms with van der Waals surface area (Å²) in [4.78, 5) is 49.0. The average Bonchev–Trinajstić information content (AvgIpc) is 3.00. The first-order chi connectivity index (χ1) is 14.5. The molecule has 8 nitrogen and oxygen atoms in total. The predicted molar refractivity (Wildman–Crippen MR) is 112 cm³/mol. The van der Waals surface area contributed by atoms with Crippen molar-refractivity contribution in [3.05, 3.63) is 47.8 Å². The first-order valence-corrected chi connectivity index (χ1v) is 10.3. The number of nitrogens with one attached hydrogen (secondary N) is 1. The molecule has 0 radical (unpaired) electrons. The summed E-state index contributed by atoms with van der Waals surface area (Å²) in [5.74, 6) is 0.625. The summed E-state index contributed by atoms with van der Waals surface area (Å²) in [5.41, 5.74) is 1.38. The molecule has 0 unspecified atom stereocenters. The van der Waals surface area contributed by atoms with Gasteiger partial charge in [-0.2, -0.15) is 0 Å². The van der Waals surface area contributed by atoms with Gasteiger partial charge in [0, 0.05) is 26.1 Å². The van der Waals surface area contributed by atoms with Crippen LogP contribution in [0.25, 0.3) is 0 Å². The summed E-state index contributed by atoms with van der Waals surface area (Å²) < 4.78 is 0. The van der Waals surface area contributed by atoms with Crippen LogP contribution in [-0.2, 0) is 4.79 Å². The first-order valence-electron chi connectivity index (χ1n) is 10.3. The van der Waals surface area contributed by atoms with E-state index in [1.165, 1.54) is 4.90 Å². The number of anilines is 2. The second-order valence-corrected chi connectivity index (χ2v) is 7.90. The van der Waals surface area contributed by atoms with Crippen LogP contribution >= 0.6 is 0 Å². The Balaban J connectivity index is 1.25. The van der Waals surface area contributed by atoms with Crippen molar-refractivity contribution in [2.24, 2.45) is 5.92 Å². The third-order valence-electron chi connectivity index (χ3n) is 5.65. The maximum atomic E-state index is 12.3. The van der Waals surface area contributed by atoms with Gasteiger partial charge in [-0.3, -0.25) is 19.3 Å². The molecule has 3 heterocycles. The summed E-state index contributed by atoms with van der Waals surface area (Å²) in [6.07, 6.45) is 6.08. The molecule has 1 N–H and O–H groups in total. The molecule has 0 aliphatic carbocycles. The molecule has 0 saturated carbocycles. The Morgan fingerprint density at radius 1 is 1.07 bits per heavy atom. The molecule has 0 spiro atoms. The predicted octanol–water partition coefficient (Wildman–Crippen LogP) is 2.73. The van der Waals surface area contributed by atoms with E-state index < -0.39 is 0 Å². The first kappa shape index (κ1) is 20.0. The number of imide groups is 1. The van der Waals surface area contributed by atoms with Crippen LogP contribution in [0.2, 0.25) is 0 Å². The highest BCUT2D eigenvalue weighted by Crippen LogP contribution is 2.23. The summed E-state index contributed by atoms with van der Waals surface area (Å²) in [5, 5.41) is 2.77. The van der Waals surface area contributed by atoms with Gasteiger partial charge in [-0.25, -0.2) is 9.97 Å². The van der Waals surface area contributed by atoms with Crippen molar-refractivity contribution in [2.75, 3.05) is 29.9 Å². The Kier molecular flexibility index (Phi) is 5.74. The summed E-state index contributed by atoms with van der Waals surface area (Å²) in [7, 11) is 0. The van der Waals surface area contributed by atoms with Crippen molar-refractivity contribution < 1.29 is 14.4 Å². The zero-order chi connectivity index (χ0) is 21.1. The van der Waals surface area contributed by atoms with Crippen LogP contribution in [-0.4, -0.2) is 52.2 Å². The zero-order valence-corrected chi connectivity index (χ0v) is 17.0. The number of hydrogen-bond acceptors (Lipinski definition) is 6. The molecule has 2 aliphatic rings. The lowest BCUT2D eigenvalue weighted by Crippen LogP contribution is -2.34. The van der Waals surface area contributed by atoms with Crippen LogP contribution in [0.3, 0.4) is 0 Å². The summed E-state index contributed by atoms with van der Waals surface area (Å²) >= 11 is 0. The molecule has 0 bridgehead atoms. The van der Waals surface area contributed by atoms with Gasteiger partial charge in [0.15, 0.2) is 0 Å². The maximum Gasteiger partial charge on any atom is 0.261 e. The monoisotopic (exact) mass is 407 g/mol. The van der Waals surface area contributed by atoms with Gasteiger partial charge < -0.3 is 10.2 Å². The molecule has 1 aromatic carbocycles. The number of piperidine rings is 1. The second-order valence-electron chi connectivity index (χ2n) is 7.90. The van der Waals surface area contributed by atoms with Crippen molar-refractivity contribution in [1.82, 2.24) is 14.9 Å². The lowest BCUT2D eigenvalue weighted by atomic mass is 10.00. The molecule has 1 saturated heterocycles. The summed E-state index contributed by atoms with van der Waals surface area (Å²) in [6.45, 7) is 4.36. The number of hydrogen-bond donors (Lipinski definition) is 1. The van der Waals surface area contributed by atoms with E-state index in [1.54, 1.807) is 36.7 Å². The van der Waals surface area contributed by atoms with Gasteiger partial charge in [-0.15, -0.1) is 0 Å². The quantitative estimate of drug-likeness (QED) is 0.740. The van der Waals surface area contributed by atoms with Crippen LogP contribution in [0.1, 0.15) is 53.3 Å². The fourth-order valence-electron chi connectivity index (χ4n) is 3.82. The molecule has 8 heteroatoms. The van der Waals surface area contributed by atoms with E-state index in [0.717, 1.165) is 31.8 Å². The van der Waals surface area contributed by atoms with Crippen molar-refractivity contribution >= 4 is 29.4 Å². The van der Waals surface area contributed by atoms with Crippen molar-refractivity contribution in [1.29, 1.82) is 0 Å². The number of amides is 3. The van der Waals surface area contributed by atoms with Crippen molar-refractivity contribution in [3.63, 3.8) is 0 Å². The van der Waals surface area contributed by atoms with Crippen molar-refractivity contribution in [2.45, 2.75) is 32.6 Å². The SMILES string of the molecule is CC1CCN(c2ncc(NC(=O)CCCN3C(=O)c4ccccc4C3=O)cn2)CC1. The number of carbonyl (C=O) groups is 3. The molecule has 2 aliphatic heterocycles. The van der Waals surface area contributed by atoms with E-state index in [0.29, 0.717) is 29.2 Å². The number of aromatic nitrogens is 2. The molecule has 156 valence electrons. The van der Waals surface area contributed by atoms with Crippen LogP contribution in [0.4, 0.5) is 11.6 Å². The number of carbonyl (C=O) groups excluding carboxylic acids is 3. The normalized spacial score (nSPS) is 16.7. The third kappa shape index (κ3) is 4.17. The largest absolute Gasteiger partial charge is 0.341 e. The fourth-order valence-corrected chi connectivity index (χ4v) is 3.82. The van der Waals surface area contributed by atoms with Crippen LogP contribution < -0.4 is 10.2 Å². The highest BCUT2D eigenvalue weighted by molar-refractivity contribution is 6.21. The number of rotatable bonds is 6. The van der Waals surface area contributed by atoms with Crippen LogP contribution in [0.5, 0.6) is 0 Å². The number of benzene rings is 1. The minimum absolute atomic E-state index is 0.194. The lowest BCUT2D eigenvalue weighted by Gasteiger charge is -2.30. The molecule has 2 aromatic rings. The molecule has 1 fully saturated rings. The van der Waals surface area contributed by atoms with Gasteiger partial charge >= 0.3 is 0 Å². The second kappa shape index (κ2) is 8.61. The van der Waals surface area contributed by atoms with Gasteiger partial charge in [0.1, 0.15) is 0 Å². The molecule has 0 atom stereocenters. The maximum absolute atomic E-state index is 12.3. The Labute approximate surface area is 175 Å². The van der Waals surface area contributed by atoms with Crippen LogP contribution in [0.15, 0.2) is 36.7 Å². The molecule has 4 rings (SSSR count). The van der Waals surface area contributed by atoms with Gasteiger partial charge in [0.2, 0.25) is 11.9 Å². The number of nitrogens with zero attached hydrogens (tertiary/aromatic N) is 4. The summed E-state index contributed by atoms with van der Waals surface area (Å²) in [6, 6.07) is 6.77. The highest BCUT2D eigenvalue weighted by Gasteiger charge is 2.34. The van der Waals surface area contributed by atoms with Crippen LogP contribution in [0, 0.1) is 5.92 Å². The van der Waals surface area contributed by atoms with E-state index in [1.807, 2.05) is 0 Å². The Hall–Kier alpha value is -3.29. The molecule has 30 heavy (non-hydrogen) atoms. The minimum atomic E-state index is -0.299. The van der Waals surface area contributed by atoms with E-state index in [9.17, 15) is 14.4 Å². The molecular weight excluding hydrogens is 382 g/mol. The van der Waals surface area contributed by atoms with Crippen molar-refractivity contribution in [3.8, 4) is 0 Å². The van der Waals surface area contributed by atoms with E-state index in [2.05, 4.69) is 27.1 Å². The zero-order valence-electron chi connectivity index (χ0n) is 17.0. The molecular formula is C22H25N5O3. The Bertz CT molecular complexity index is 917. The highest BCUT2D eigenvalue weighted by atomic mass is 16.2. The number of fused-ring (bicyclic) bond motifs is 1. The Morgan fingerprint density at radius 2 is 1.67 bits per heavy atom. The molecule has 1 aromatic heterocycles. The van der Waals surface area contributed by atoms with Gasteiger partial charge in [0.05, 0.1) is 29.2 Å². The van der Waals surface area contributed by atoms with Gasteiger partial charge in [-0.1, -0.05) is 19.1 Å². The average molecular weight is 407 g/mol. The molecule has 3 amide bonds. The standard InChI is InChI=1S/C22H25N5O3/c1-15-8-11-26(12-9-15)22-23-13-16(14-24-22)25-19(28)7-4-10-27-20(29)17-5-2-3-6-18(17)21(27)30/h2-3,5-6,13-15H,4,7-12H2,1H3,(H,25,28). The van der Waals surface area contributed by atoms with Gasteiger partial charge in [0.25, 0.3) is 11.8 Å². The fraction of sp³-hybridized carbons (Fsp3) is 0.409. The van der Waals surface area contributed by atoms with E-state index in [4.69, 9.17) is 0 Å². The van der Waals surface area contributed by atoms with Gasteiger partial charge in [-0.05, 0) is 37.3 Å². The Morgan fingerprint density at radius 3 is 2.27 bits per heavy atom. The van der Waals surface area contributed by atoms with E-state index in [-0.39, 0.29) is 30.7 Å². The smallest absolute Gasteiger partial charge is 0.261 e. The lowest BCUT2D eigenvalue weighted by molar-refractivity contribution is -0.116. The third-order valence-corrected chi connectivity index (χ3v) is 5.65.